The van der Waals surface area contributed by atoms with Gasteiger partial charge in [0.25, 0.3) is 0 Å². The van der Waals surface area contributed by atoms with E-state index in [0.717, 1.165) is 5.56 Å². The topological polar surface area (TPSA) is 92.4 Å². The standard InChI is InChI=1S/C11H16N2O3S/c1-11(2,5-8(12)14)13-6-7-3-4-17-9(7)10(15)16/h3-4,13H,5-6H2,1-2H3,(H2,12,14)(H,15,16). The van der Waals surface area contributed by atoms with Crippen LogP contribution in [0.1, 0.15) is 35.5 Å². The number of rotatable bonds is 6. The fraction of sp³-hybridized carbons (Fsp3) is 0.455. The molecule has 0 spiro atoms. The monoisotopic (exact) mass is 256 g/mol. The van der Waals surface area contributed by atoms with E-state index in [4.69, 9.17) is 10.8 Å². The van der Waals surface area contributed by atoms with E-state index >= 15 is 0 Å². The summed E-state index contributed by atoms with van der Waals surface area (Å²) in [5.74, 6) is -1.31. The van der Waals surface area contributed by atoms with Crippen LogP contribution in [0.2, 0.25) is 0 Å². The number of carbonyl (C=O) groups excluding carboxylic acids is 1. The van der Waals surface area contributed by atoms with E-state index in [0.29, 0.717) is 11.4 Å². The second-order valence-corrected chi connectivity index (χ2v) is 5.38. The molecule has 4 N–H and O–H groups in total. The fourth-order valence-electron chi connectivity index (χ4n) is 1.50. The number of carboxylic acids is 1. The van der Waals surface area contributed by atoms with E-state index in [-0.39, 0.29) is 12.3 Å². The first-order chi connectivity index (χ1) is 7.82. The molecular formula is C11H16N2O3S. The van der Waals surface area contributed by atoms with Gasteiger partial charge in [-0.1, -0.05) is 0 Å². The smallest absolute Gasteiger partial charge is 0.346 e. The van der Waals surface area contributed by atoms with E-state index in [1.54, 1.807) is 11.4 Å². The van der Waals surface area contributed by atoms with Crippen LogP contribution in [-0.4, -0.2) is 22.5 Å². The molecule has 6 heteroatoms. The number of carboxylic acid groups (broad SMARTS) is 1. The second-order valence-electron chi connectivity index (χ2n) is 4.46. The number of hydrogen-bond donors (Lipinski definition) is 3. The molecule has 0 saturated heterocycles. The average molecular weight is 256 g/mol. The molecule has 1 amide bonds. The highest BCUT2D eigenvalue weighted by Gasteiger charge is 2.21. The van der Waals surface area contributed by atoms with Crippen LogP contribution in [0.25, 0.3) is 0 Å². The minimum Gasteiger partial charge on any atom is -0.477 e. The number of carbonyl (C=O) groups is 2. The highest BCUT2D eigenvalue weighted by atomic mass is 32.1. The molecule has 0 radical (unpaired) electrons. The first-order valence-electron chi connectivity index (χ1n) is 5.15. The van der Waals surface area contributed by atoms with Gasteiger partial charge < -0.3 is 16.2 Å². The maximum atomic E-state index is 10.9. The molecule has 0 bridgehead atoms. The van der Waals surface area contributed by atoms with Gasteiger partial charge in [0.2, 0.25) is 5.91 Å². The number of primary amides is 1. The van der Waals surface area contributed by atoms with Crippen LogP contribution < -0.4 is 11.1 Å². The normalized spacial score (nSPS) is 11.4. The summed E-state index contributed by atoms with van der Waals surface area (Å²) in [6, 6.07) is 1.77. The highest BCUT2D eigenvalue weighted by Crippen LogP contribution is 2.18. The van der Waals surface area contributed by atoms with Crippen molar-refractivity contribution in [3.05, 3.63) is 21.9 Å². The molecule has 0 aromatic carbocycles. The Morgan fingerprint density at radius 3 is 2.71 bits per heavy atom. The Hall–Kier alpha value is -1.40. The summed E-state index contributed by atoms with van der Waals surface area (Å²) in [5.41, 5.74) is 5.42. The van der Waals surface area contributed by atoms with E-state index in [9.17, 15) is 9.59 Å². The summed E-state index contributed by atoms with van der Waals surface area (Å²) in [6.45, 7) is 4.11. The predicted octanol–water partition coefficient (Wildman–Crippen LogP) is 1.19. The second kappa shape index (κ2) is 5.29. The molecule has 1 heterocycles. The first kappa shape index (κ1) is 13.7. The molecule has 94 valence electrons. The fourth-order valence-corrected chi connectivity index (χ4v) is 2.26. The molecule has 17 heavy (non-hydrogen) atoms. The highest BCUT2D eigenvalue weighted by molar-refractivity contribution is 7.12. The Bertz CT molecular complexity index is 426. The Morgan fingerprint density at radius 1 is 1.53 bits per heavy atom. The summed E-state index contributed by atoms with van der Waals surface area (Å²) < 4.78 is 0. The third kappa shape index (κ3) is 4.16. The molecule has 5 nitrogen and oxygen atoms in total. The van der Waals surface area contributed by atoms with Gasteiger partial charge in [-0.15, -0.1) is 11.3 Å². The lowest BCUT2D eigenvalue weighted by Gasteiger charge is -2.24. The summed E-state index contributed by atoms with van der Waals surface area (Å²) in [6.07, 6.45) is 0.208. The summed E-state index contributed by atoms with van der Waals surface area (Å²) in [4.78, 5) is 22.1. The average Bonchev–Trinajstić information content (AvgIpc) is 2.60. The minimum atomic E-state index is -0.926. The van der Waals surface area contributed by atoms with E-state index in [2.05, 4.69) is 5.32 Å². The van der Waals surface area contributed by atoms with Gasteiger partial charge in [0.15, 0.2) is 0 Å². The lowest BCUT2D eigenvalue weighted by atomic mass is 10.00. The van der Waals surface area contributed by atoms with Crippen molar-refractivity contribution in [3.63, 3.8) is 0 Å². The van der Waals surface area contributed by atoms with E-state index in [1.165, 1.54) is 11.3 Å². The van der Waals surface area contributed by atoms with Crippen LogP contribution in [0.15, 0.2) is 11.4 Å². The Balaban J connectivity index is 2.64. The zero-order chi connectivity index (χ0) is 13.1. The quantitative estimate of drug-likeness (QED) is 0.712. The van der Waals surface area contributed by atoms with E-state index < -0.39 is 11.5 Å². The van der Waals surface area contributed by atoms with Crippen molar-refractivity contribution in [2.24, 2.45) is 5.73 Å². The van der Waals surface area contributed by atoms with Gasteiger partial charge in [-0.2, -0.15) is 0 Å². The molecule has 0 aliphatic carbocycles. The summed E-state index contributed by atoms with van der Waals surface area (Å²) >= 11 is 1.19. The molecule has 1 rings (SSSR count). The van der Waals surface area contributed by atoms with Crippen molar-refractivity contribution in [2.75, 3.05) is 0 Å². The molecule has 0 fully saturated rings. The zero-order valence-corrected chi connectivity index (χ0v) is 10.6. The number of nitrogens with one attached hydrogen (secondary N) is 1. The molecule has 1 aromatic rings. The van der Waals surface area contributed by atoms with Crippen molar-refractivity contribution < 1.29 is 14.7 Å². The predicted molar refractivity (Wildman–Crippen MR) is 66.0 cm³/mol. The summed E-state index contributed by atoms with van der Waals surface area (Å²) in [5, 5.41) is 13.8. The molecule has 0 aliphatic rings. The van der Waals surface area contributed by atoms with Crippen molar-refractivity contribution in [3.8, 4) is 0 Å². The van der Waals surface area contributed by atoms with Crippen LogP contribution in [0.5, 0.6) is 0 Å². The van der Waals surface area contributed by atoms with Crippen LogP contribution in [0, 0.1) is 0 Å². The Kier molecular flexibility index (Phi) is 4.25. The van der Waals surface area contributed by atoms with Gasteiger partial charge in [-0.3, -0.25) is 4.79 Å². The van der Waals surface area contributed by atoms with Crippen LogP contribution in [0.3, 0.4) is 0 Å². The van der Waals surface area contributed by atoms with E-state index in [1.807, 2.05) is 13.8 Å². The third-order valence-corrected chi connectivity index (χ3v) is 3.26. The van der Waals surface area contributed by atoms with Gasteiger partial charge in [0.05, 0.1) is 0 Å². The lowest BCUT2D eigenvalue weighted by Crippen LogP contribution is -2.42. The zero-order valence-electron chi connectivity index (χ0n) is 9.82. The maximum Gasteiger partial charge on any atom is 0.346 e. The third-order valence-electron chi connectivity index (χ3n) is 2.31. The molecule has 0 atom stereocenters. The number of aromatic carboxylic acids is 1. The maximum absolute atomic E-state index is 10.9. The largest absolute Gasteiger partial charge is 0.477 e. The van der Waals surface area contributed by atoms with Gasteiger partial charge in [0, 0.05) is 18.5 Å². The van der Waals surface area contributed by atoms with Crippen molar-refractivity contribution in [1.82, 2.24) is 5.32 Å². The van der Waals surface area contributed by atoms with Gasteiger partial charge in [0.1, 0.15) is 4.88 Å². The van der Waals surface area contributed by atoms with Crippen molar-refractivity contribution in [2.45, 2.75) is 32.4 Å². The minimum absolute atomic E-state index is 0.208. The number of thiophene rings is 1. The van der Waals surface area contributed by atoms with Crippen LogP contribution in [-0.2, 0) is 11.3 Å². The van der Waals surface area contributed by atoms with Gasteiger partial charge in [-0.05, 0) is 30.9 Å². The lowest BCUT2D eigenvalue weighted by molar-refractivity contribution is -0.119. The number of amides is 1. The molecule has 1 aromatic heterocycles. The molecule has 0 aliphatic heterocycles. The Morgan fingerprint density at radius 2 is 2.18 bits per heavy atom. The van der Waals surface area contributed by atoms with Crippen molar-refractivity contribution in [1.29, 1.82) is 0 Å². The van der Waals surface area contributed by atoms with Crippen LogP contribution >= 0.6 is 11.3 Å². The summed E-state index contributed by atoms with van der Waals surface area (Å²) in [7, 11) is 0. The Labute approximate surface area is 104 Å². The van der Waals surface area contributed by atoms with Crippen molar-refractivity contribution >= 4 is 23.2 Å². The SMILES string of the molecule is CC(C)(CC(N)=O)NCc1ccsc1C(=O)O. The van der Waals surface area contributed by atoms with Gasteiger partial charge in [-0.25, -0.2) is 4.79 Å². The number of nitrogens with two attached hydrogens (primary N) is 1. The molecule has 0 saturated carbocycles. The molecule has 0 unspecified atom stereocenters. The van der Waals surface area contributed by atoms with Crippen LogP contribution in [0.4, 0.5) is 0 Å². The first-order valence-corrected chi connectivity index (χ1v) is 6.03. The molecular weight excluding hydrogens is 240 g/mol. The number of hydrogen-bond acceptors (Lipinski definition) is 4. The van der Waals surface area contributed by atoms with Gasteiger partial charge >= 0.3 is 5.97 Å².